The summed E-state index contributed by atoms with van der Waals surface area (Å²) in [6, 6.07) is 2.54. The van der Waals surface area contributed by atoms with E-state index in [0.29, 0.717) is 24.3 Å². The molecule has 3 saturated carbocycles. The Bertz CT molecular complexity index is 886. The molecule has 4 heteroatoms. The predicted molar refractivity (Wildman–Crippen MR) is 103 cm³/mol. The Labute approximate surface area is 160 Å². The Kier molecular flexibility index (Phi) is 3.09. The number of Topliss-reactive ketones (excluding diaryl/α,β-unsaturated/α-hetero) is 1. The van der Waals surface area contributed by atoms with Crippen LogP contribution in [0, 0.1) is 11.8 Å². The third-order valence-corrected chi connectivity index (χ3v) is 7.92. The third-order valence-electron chi connectivity index (χ3n) is 7.92. The highest BCUT2D eigenvalue weighted by molar-refractivity contribution is 5.91. The summed E-state index contributed by atoms with van der Waals surface area (Å²) >= 11 is 0. The van der Waals surface area contributed by atoms with Crippen molar-refractivity contribution in [3.05, 3.63) is 29.3 Å². The van der Waals surface area contributed by atoms with Gasteiger partial charge < -0.3 is 14.8 Å². The van der Waals surface area contributed by atoms with Crippen LogP contribution in [0.25, 0.3) is 5.57 Å². The molecule has 0 radical (unpaired) electrons. The molecule has 0 aromatic heterocycles. The maximum absolute atomic E-state index is 12.9. The summed E-state index contributed by atoms with van der Waals surface area (Å²) in [4.78, 5) is 12.9. The van der Waals surface area contributed by atoms with E-state index in [1.807, 2.05) is 0 Å². The number of hydrogen-bond donors (Lipinski definition) is 1. The third kappa shape index (κ3) is 1.85. The summed E-state index contributed by atoms with van der Waals surface area (Å²) in [6.45, 7) is 7.44. The van der Waals surface area contributed by atoms with Gasteiger partial charge in [-0.1, -0.05) is 12.2 Å². The maximum Gasteiger partial charge on any atom is 0.174 e. The molecule has 2 bridgehead atoms. The lowest BCUT2D eigenvalue weighted by Crippen LogP contribution is -2.55. The SMILES string of the molecule is C=C(C)c1cc(OC)c2c3c1C1C[C@]34C(O2)C(=O)CCC4C1NCC1CC1. The molecule has 1 aromatic carbocycles. The van der Waals surface area contributed by atoms with Crippen LogP contribution < -0.4 is 14.8 Å². The van der Waals surface area contributed by atoms with E-state index in [0.717, 1.165) is 42.4 Å². The van der Waals surface area contributed by atoms with Crippen molar-refractivity contribution in [2.75, 3.05) is 13.7 Å². The zero-order chi connectivity index (χ0) is 18.5. The minimum atomic E-state index is -0.322. The van der Waals surface area contributed by atoms with E-state index in [-0.39, 0.29) is 17.3 Å². The van der Waals surface area contributed by atoms with E-state index in [4.69, 9.17) is 9.47 Å². The molecule has 1 aliphatic heterocycles. The van der Waals surface area contributed by atoms with Crippen LogP contribution in [0.1, 0.15) is 61.6 Å². The lowest BCUT2D eigenvalue weighted by molar-refractivity contribution is -0.132. The molecule has 0 saturated heterocycles. The number of methoxy groups -OCH3 is 1. The van der Waals surface area contributed by atoms with E-state index < -0.39 is 0 Å². The van der Waals surface area contributed by atoms with Gasteiger partial charge in [-0.15, -0.1) is 0 Å². The van der Waals surface area contributed by atoms with Gasteiger partial charge in [-0.25, -0.2) is 0 Å². The van der Waals surface area contributed by atoms with Crippen molar-refractivity contribution >= 4 is 11.4 Å². The standard InChI is InChI=1S/C23H27NO3/c1-11(2)13-8-17(26-3)21-19-18(13)14-9-23(19)15(6-7-16(25)22(23)27-21)20(14)24-10-12-4-5-12/h8,12,14-15,20,22,24H,1,4-7,9-10H2,2-3H3/t14?,15?,20?,22?,23-/m1/s1. The number of carbonyl (C=O) groups is 1. The normalized spacial score (nSPS) is 37.3. The molecule has 27 heavy (non-hydrogen) atoms. The molecule has 1 aromatic rings. The Hall–Kier alpha value is -1.81. The highest BCUT2D eigenvalue weighted by Crippen LogP contribution is 2.71. The van der Waals surface area contributed by atoms with Gasteiger partial charge in [0.2, 0.25) is 0 Å². The second-order valence-electron chi connectivity index (χ2n) is 9.36. The molecular weight excluding hydrogens is 338 g/mol. The minimum absolute atomic E-state index is 0.148. The van der Waals surface area contributed by atoms with E-state index in [2.05, 4.69) is 24.9 Å². The highest BCUT2D eigenvalue weighted by atomic mass is 16.5. The van der Waals surface area contributed by atoms with Gasteiger partial charge in [0.1, 0.15) is 0 Å². The molecule has 1 N–H and O–H groups in total. The number of carbonyl (C=O) groups excluding carboxylic acids is 1. The van der Waals surface area contributed by atoms with Gasteiger partial charge in [0.15, 0.2) is 23.4 Å². The molecule has 3 fully saturated rings. The number of benzene rings is 1. The molecule has 6 rings (SSSR count). The maximum atomic E-state index is 12.9. The van der Waals surface area contributed by atoms with Crippen molar-refractivity contribution in [1.29, 1.82) is 0 Å². The van der Waals surface area contributed by atoms with Gasteiger partial charge in [-0.2, -0.15) is 0 Å². The molecule has 5 aliphatic rings. The van der Waals surface area contributed by atoms with Gasteiger partial charge in [-0.05, 0) is 68.2 Å². The summed E-state index contributed by atoms with van der Waals surface area (Å²) < 4.78 is 12.1. The zero-order valence-corrected chi connectivity index (χ0v) is 16.1. The number of ketones is 1. The summed E-state index contributed by atoms with van der Waals surface area (Å²) in [6.07, 6.45) is 5.06. The van der Waals surface area contributed by atoms with Crippen molar-refractivity contribution < 1.29 is 14.3 Å². The largest absolute Gasteiger partial charge is 0.493 e. The van der Waals surface area contributed by atoms with E-state index >= 15 is 0 Å². The fourth-order valence-corrected chi connectivity index (χ4v) is 6.72. The van der Waals surface area contributed by atoms with Gasteiger partial charge in [0.25, 0.3) is 0 Å². The molecule has 142 valence electrons. The quantitative estimate of drug-likeness (QED) is 0.866. The minimum Gasteiger partial charge on any atom is -0.493 e. The van der Waals surface area contributed by atoms with Crippen molar-refractivity contribution in [2.24, 2.45) is 11.8 Å². The summed E-state index contributed by atoms with van der Waals surface area (Å²) in [7, 11) is 1.69. The zero-order valence-electron chi connectivity index (χ0n) is 16.1. The average Bonchev–Trinajstić information content (AvgIpc) is 3.22. The molecule has 4 nitrogen and oxygen atoms in total. The van der Waals surface area contributed by atoms with Gasteiger partial charge in [0.05, 0.1) is 7.11 Å². The molecule has 4 aliphatic carbocycles. The highest BCUT2D eigenvalue weighted by Gasteiger charge is 2.71. The second-order valence-corrected chi connectivity index (χ2v) is 9.36. The first-order valence-electron chi connectivity index (χ1n) is 10.4. The Balaban J connectivity index is 1.56. The number of ether oxygens (including phenoxy) is 2. The van der Waals surface area contributed by atoms with Crippen LogP contribution in [-0.2, 0) is 10.2 Å². The average molecular weight is 365 g/mol. The molecule has 5 atom stereocenters. The lowest BCUT2D eigenvalue weighted by atomic mass is 9.61. The van der Waals surface area contributed by atoms with Gasteiger partial charge >= 0.3 is 0 Å². The van der Waals surface area contributed by atoms with E-state index in [9.17, 15) is 4.79 Å². The molecule has 4 unspecified atom stereocenters. The number of fused-ring (bicyclic) bond motifs is 2. The first kappa shape index (κ1) is 16.2. The van der Waals surface area contributed by atoms with Crippen LogP contribution in [0.2, 0.25) is 0 Å². The summed E-state index contributed by atoms with van der Waals surface area (Å²) in [5, 5.41) is 3.94. The van der Waals surface area contributed by atoms with E-state index in [1.54, 1.807) is 7.11 Å². The topological polar surface area (TPSA) is 47.6 Å². The Morgan fingerprint density at radius 1 is 1.41 bits per heavy atom. The van der Waals surface area contributed by atoms with Gasteiger partial charge in [0, 0.05) is 29.4 Å². The number of nitrogens with one attached hydrogen (secondary N) is 1. The predicted octanol–water partition coefficient (Wildman–Crippen LogP) is 3.58. The van der Waals surface area contributed by atoms with E-state index in [1.165, 1.54) is 29.5 Å². The first-order valence-corrected chi connectivity index (χ1v) is 10.4. The van der Waals surface area contributed by atoms with Crippen molar-refractivity contribution in [3.8, 4) is 11.5 Å². The monoisotopic (exact) mass is 365 g/mol. The number of hydrogen-bond acceptors (Lipinski definition) is 4. The summed E-state index contributed by atoms with van der Waals surface area (Å²) in [5.41, 5.74) is 4.80. The molecule has 1 spiro atoms. The number of rotatable bonds is 5. The second kappa shape index (κ2) is 5.16. The van der Waals surface area contributed by atoms with Crippen LogP contribution in [-0.4, -0.2) is 31.6 Å². The first-order chi connectivity index (χ1) is 13.1. The van der Waals surface area contributed by atoms with Crippen LogP contribution in [0.15, 0.2) is 12.6 Å². The molecule has 1 heterocycles. The molecular formula is C23H27NO3. The van der Waals surface area contributed by atoms with Crippen molar-refractivity contribution in [3.63, 3.8) is 0 Å². The fourth-order valence-electron chi connectivity index (χ4n) is 6.72. The van der Waals surface area contributed by atoms with Crippen molar-refractivity contribution in [1.82, 2.24) is 5.32 Å². The van der Waals surface area contributed by atoms with Crippen molar-refractivity contribution in [2.45, 2.75) is 62.5 Å². The fraction of sp³-hybridized carbons (Fsp3) is 0.609. The lowest BCUT2D eigenvalue weighted by Gasteiger charge is -2.43. The van der Waals surface area contributed by atoms with Crippen LogP contribution in [0.5, 0.6) is 11.5 Å². The molecule has 0 amide bonds. The smallest absolute Gasteiger partial charge is 0.174 e. The van der Waals surface area contributed by atoms with Crippen LogP contribution in [0.3, 0.4) is 0 Å². The Morgan fingerprint density at radius 3 is 2.93 bits per heavy atom. The Morgan fingerprint density at radius 2 is 2.22 bits per heavy atom. The van der Waals surface area contributed by atoms with Crippen LogP contribution in [0.4, 0.5) is 0 Å². The van der Waals surface area contributed by atoms with Crippen LogP contribution >= 0.6 is 0 Å². The summed E-state index contributed by atoms with van der Waals surface area (Å²) in [5.74, 6) is 3.67. The number of allylic oxidation sites excluding steroid dienone is 1. The van der Waals surface area contributed by atoms with Gasteiger partial charge in [-0.3, -0.25) is 4.79 Å².